The molecule has 0 radical (unpaired) electrons. The van der Waals surface area contributed by atoms with Gasteiger partial charge >= 0.3 is 6.18 Å². The first-order chi connectivity index (χ1) is 8.88. The van der Waals surface area contributed by atoms with E-state index in [0.29, 0.717) is 13.1 Å². The maximum absolute atomic E-state index is 12.4. The molecule has 2 rings (SSSR count). The average molecular weight is 272 g/mol. The molecule has 0 spiro atoms. The number of nitrogens with zero attached hydrogens (tertiary/aromatic N) is 1. The van der Waals surface area contributed by atoms with Crippen molar-refractivity contribution in [1.82, 2.24) is 4.90 Å². The summed E-state index contributed by atoms with van der Waals surface area (Å²) in [6.07, 6.45) is -2.68. The van der Waals surface area contributed by atoms with Crippen LogP contribution >= 0.6 is 0 Å². The highest BCUT2D eigenvalue weighted by Crippen LogP contribution is 2.29. The first-order valence-corrected chi connectivity index (χ1v) is 6.10. The summed E-state index contributed by atoms with van der Waals surface area (Å²) in [6, 6.07) is 4.23. The predicted octanol–water partition coefficient (Wildman–Crippen LogP) is 2.27. The van der Waals surface area contributed by atoms with Crippen molar-refractivity contribution < 1.29 is 18.0 Å². The van der Waals surface area contributed by atoms with Crippen LogP contribution in [0.15, 0.2) is 24.3 Å². The number of alkyl halides is 3. The van der Waals surface area contributed by atoms with Crippen LogP contribution in [0.5, 0.6) is 0 Å². The van der Waals surface area contributed by atoms with Crippen LogP contribution in [0.4, 0.5) is 13.2 Å². The van der Waals surface area contributed by atoms with Crippen LogP contribution in [-0.4, -0.2) is 29.9 Å². The monoisotopic (exact) mass is 272 g/mol. The van der Waals surface area contributed by atoms with Crippen LogP contribution in [0.3, 0.4) is 0 Å². The van der Waals surface area contributed by atoms with Crippen molar-refractivity contribution in [2.24, 2.45) is 5.73 Å². The van der Waals surface area contributed by atoms with E-state index in [1.54, 1.807) is 4.90 Å². The van der Waals surface area contributed by atoms with Gasteiger partial charge in [0.2, 0.25) is 0 Å². The largest absolute Gasteiger partial charge is 0.416 e. The number of hydrogen-bond donors (Lipinski definition) is 1. The first-order valence-electron chi connectivity index (χ1n) is 6.10. The SMILES string of the molecule is N[C@@H]1CCCN(C(=O)c2ccc(C(F)(F)F)cc2)C1. The van der Waals surface area contributed by atoms with Crippen molar-refractivity contribution in [2.45, 2.75) is 25.1 Å². The second kappa shape index (κ2) is 5.21. The van der Waals surface area contributed by atoms with Gasteiger partial charge in [0.25, 0.3) is 5.91 Å². The molecule has 19 heavy (non-hydrogen) atoms. The number of rotatable bonds is 1. The van der Waals surface area contributed by atoms with Crippen LogP contribution in [0, 0.1) is 0 Å². The predicted molar refractivity (Wildman–Crippen MR) is 64.6 cm³/mol. The lowest BCUT2D eigenvalue weighted by atomic mass is 10.0. The van der Waals surface area contributed by atoms with E-state index in [1.165, 1.54) is 12.1 Å². The zero-order chi connectivity index (χ0) is 14.0. The Balaban J connectivity index is 2.11. The van der Waals surface area contributed by atoms with Gasteiger partial charge in [-0.25, -0.2) is 0 Å². The van der Waals surface area contributed by atoms with Gasteiger partial charge in [0, 0.05) is 24.7 Å². The van der Waals surface area contributed by atoms with Gasteiger partial charge in [0.05, 0.1) is 5.56 Å². The van der Waals surface area contributed by atoms with Crippen LogP contribution < -0.4 is 5.73 Å². The third kappa shape index (κ3) is 3.26. The molecule has 1 aliphatic rings. The number of likely N-dealkylation sites (tertiary alicyclic amines) is 1. The van der Waals surface area contributed by atoms with Crippen molar-refractivity contribution in [3.63, 3.8) is 0 Å². The van der Waals surface area contributed by atoms with Crippen LogP contribution in [0.2, 0.25) is 0 Å². The maximum atomic E-state index is 12.4. The van der Waals surface area contributed by atoms with Gasteiger partial charge in [-0.2, -0.15) is 13.2 Å². The van der Waals surface area contributed by atoms with E-state index in [9.17, 15) is 18.0 Å². The van der Waals surface area contributed by atoms with Gasteiger partial charge in [0.15, 0.2) is 0 Å². The number of amides is 1. The molecule has 1 aromatic carbocycles. The van der Waals surface area contributed by atoms with Crippen molar-refractivity contribution in [2.75, 3.05) is 13.1 Å². The molecule has 0 unspecified atom stereocenters. The Bertz CT molecular complexity index is 456. The van der Waals surface area contributed by atoms with Crippen LogP contribution in [0.25, 0.3) is 0 Å². The average Bonchev–Trinajstić information content (AvgIpc) is 2.37. The Labute approximate surface area is 109 Å². The molecule has 1 fully saturated rings. The highest BCUT2D eigenvalue weighted by Gasteiger charge is 2.30. The number of benzene rings is 1. The lowest BCUT2D eigenvalue weighted by Gasteiger charge is -2.30. The molecular formula is C13H15F3N2O. The Kier molecular flexibility index (Phi) is 3.80. The van der Waals surface area contributed by atoms with E-state index in [2.05, 4.69) is 0 Å². The third-order valence-electron chi connectivity index (χ3n) is 3.20. The first kappa shape index (κ1) is 13.9. The molecule has 3 nitrogen and oxygen atoms in total. The van der Waals surface area contributed by atoms with E-state index in [1.807, 2.05) is 0 Å². The normalized spacial score (nSPS) is 20.4. The molecule has 1 heterocycles. The number of nitrogens with two attached hydrogens (primary N) is 1. The zero-order valence-electron chi connectivity index (χ0n) is 10.3. The number of carbonyl (C=O) groups excluding carboxylic acids is 1. The van der Waals surface area contributed by atoms with E-state index >= 15 is 0 Å². The number of halogens is 3. The summed E-state index contributed by atoms with van der Waals surface area (Å²) in [5, 5.41) is 0. The topological polar surface area (TPSA) is 46.3 Å². The molecule has 1 aromatic rings. The molecule has 1 saturated heterocycles. The molecule has 0 aliphatic carbocycles. The minimum atomic E-state index is -4.38. The minimum Gasteiger partial charge on any atom is -0.337 e. The lowest BCUT2D eigenvalue weighted by Crippen LogP contribution is -2.45. The summed E-state index contributed by atoms with van der Waals surface area (Å²) in [4.78, 5) is 13.7. The van der Waals surface area contributed by atoms with Gasteiger partial charge in [-0.1, -0.05) is 0 Å². The van der Waals surface area contributed by atoms with Crippen molar-refractivity contribution in [3.8, 4) is 0 Å². The molecule has 1 aliphatic heterocycles. The maximum Gasteiger partial charge on any atom is 0.416 e. The summed E-state index contributed by atoms with van der Waals surface area (Å²) in [5.41, 5.74) is 5.29. The highest BCUT2D eigenvalue weighted by molar-refractivity contribution is 5.94. The zero-order valence-corrected chi connectivity index (χ0v) is 10.3. The molecule has 6 heteroatoms. The van der Waals surface area contributed by atoms with Crippen molar-refractivity contribution >= 4 is 5.91 Å². The fourth-order valence-corrected chi connectivity index (χ4v) is 2.18. The minimum absolute atomic E-state index is 0.0489. The highest BCUT2D eigenvalue weighted by atomic mass is 19.4. The quantitative estimate of drug-likeness (QED) is 0.852. The smallest absolute Gasteiger partial charge is 0.337 e. The lowest BCUT2D eigenvalue weighted by molar-refractivity contribution is -0.137. The molecule has 104 valence electrons. The molecule has 0 aromatic heterocycles. The van der Waals surface area contributed by atoms with Crippen LogP contribution in [-0.2, 0) is 6.18 Å². The Hall–Kier alpha value is -1.56. The Morgan fingerprint density at radius 1 is 1.26 bits per heavy atom. The van der Waals surface area contributed by atoms with Gasteiger partial charge in [0.1, 0.15) is 0 Å². The number of piperidine rings is 1. The Morgan fingerprint density at radius 2 is 1.89 bits per heavy atom. The second-order valence-electron chi connectivity index (χ2n) is 4.73. The molecule has 1 atom stereocenters. The third-order valence-corrected chi connectivity index (χ3v) is 3.20. The van der Waals surface area contributed by atoms with E-state index < -0.39 is 11.7 Å². The van der Waals surface area contributed by atoms with Gasteiger partial charge in [-0.15, -0.1) is 0 Å². The summed E-state index contributed by atoms with van der Waals surface area (Å²) < 4.78 is 37.2. The van der Waals surface area contributed by atoms with Gasteiger partial charge in [-0.3, -0.25) is 4.79 Å². The summed E-state index contributed by atoms with van der Waals surface area (Å²) in [5.74, 6) is -0.260. The summed E-state index contributed by atoms with van der Waals surface area (Å²) >= 11 is 0. The molecular weight excluding hydrogens is 257 g/mol. The molecule has 1 amide bonds. The fraction of sp³-hybridized carbons (Fsp3) is 0.462. The van der Waals surface area contributed by atoms with Crippen molar-refractivity contribution in [3.05, 3.63) is 35.4 Å². The number of carbonyl (C=O) groups is 1. The van der Waals surface area contributed by atoms with E-state index in [-0.39, 0.29) is 17.5 Å². The van der Waals surface area contributed by atoms with Gasteiger partial charge < -0.3 is 10.6 Å². The fourth-order valence-electron chi connectivity index (χ4n) is 2.18. The van der Waals surface area contributed by atoms with Crippen LogP contribution in [0.1, 0.15) is 28.8 Å². The van der Waals surface area contributed by atoms with Gasteiger partial charge in [-0.05, 0) is 37.1 Å². The molecule has 2 N–H and O–H groups in total. The van der Waals surface area contributed by atoms with E-state index in [0.717, 1.165) is 25.0 Å². The summed E-state index contributed by atoms with van der Waals surface area (Å²) in [7, 11) is 0. The Morgan fingerprint density at radius 3 is 2.42 bits per heavy atom. The molecule has 0 saturated carbocycles. The van der Waals surface area contributed by atoms with Crippen molar-refractivity contribution in [1.29, 1.82) is 0 Å². The standard InChI is InChI=1S/C13H15F3N2O/c14-13(15,16)10-5-3-9(4-6-10)12(19)18-7-1-2-11(17)8-18/h3-6,11H,1-2,7-8,17H2/t11-/m1/s1. The molecule has 0 bridgehead atoms. The number of hydrogen-bond acceptors (Lipinski definition) is 2. The second-order valence-corrected chi connectivity index (χ2v) is 4.73. The summed E-state index contributed by atoms with van der Waals surface area (Å²) in [6.45, 7) is 1.06. The van der Waals surface area contributed by atoms with E-state index in [4.69, 9.17) is 5.73 Å².